The van der Waals surface area contributed by atoms with Gasteiger partial charge in [-0.1, -0.05) is 41.9 Å². The molecule has 0 saturated carbocycles. The van der Waals surface area contributed by atoms with Gasteiger partial charge in [0.1, 0.15) is 11.9 Å². The van der Waals surface area contributed by atoms with E-state index in [1.54, 1.807) is 0 Å². The van der Waals surface area contributed by atoms with Crippen molar-refractivity contribution in [3.05, 3.63) is 82.9 Å². The van der Waals surface area contributed by atoms with Crippen molar-refractivity contribution in [3.63, 3.8) is 0 Å². The molecule has 1 saturated heterocycles. The third-order valence-electron chi connectivity index (χ3n) is 4.47. The number of hydrogen-bond donors (Lipinski definition) is 1. The Morgan fingerprint density at radius 3 is 2.42 bits per heavy atom. The van der Waals surface area contributed by atoms with Crippen LogP contribution in [-0.2, 0) is 11.2 Å². The van der Waals surface area contributed by atoms with Gasteiger partial charge in [-0.05, 0) is 59.5 Å². The van der Waals surface area contributed by atoms with Crippen LogP contribution >= 0.6 is 11.6 Å². The molecule has 0 radical (unpaired) electrons. The quantitative estimate of drug-likeness (QED) is 0.650. The first-order valence-corrected chi connectivity index (χ1v) is 9.03. The predicted molar refractivity (Wildman–Crippen MR) is 106 cm³/mol. The highest BCUT2D eigenvalue weighted by Gasteiger charge is 2.22. The van der Waals surface area contributed by atoms with E-state index in [0.717, 1.165) is 29.0 Å². The Kier molecular flexibility index (Phi) is 4.83. The lowest BCUT2D eigenvalue weighted by molar-refractivity contribution is -0.0794. The maximum atomic E-state index is 6.20. The lowest BCUT2D eigenvalue weighted by Crippen LogP contribution is -2.38. The van der Waals surface area contributed by atoms with E-state index in [1.807, 2.05) is 36.4 Å². The normalized spacial score (nSPS) is 14.0. The largest absolute Gasteiger partial charge is 0.485 e. The number of ether oxygens (including phenoxy) is 2. The molecule has 4 rings (SSSR count). The predicted octanol–water partition coefficient (Wildman–Crippen LogP) is 4.96. The minimum absolute atomic E-state index is 0.121. The SMILES string of the molecule is Nc1ccc(Cc2ccc(OC3COC3)c(-c3cccc(Cl)c3)c2)cc1. The van der Waals surface area contributed by atoms with Gasteiger partial charge in [-0.15, -0.1) is 0 Å². The fourth-order valence-electron chi connectivity index (χ4n) is 3.00. The van der Waals surface area contributed by atoms with Crippen molar-refractivity contribution >= 4 is 17.3 Å². The van der Waals surface area contributed by atoms with Crippen molar-refractivity contribution in [3.8, 4) is 16.9 Å². The van der Waals surface area contributed by atoms with Crippen molar-refractivity contribution < 1.29 is 9.47 Å². The van der Waals surface area contributed by atoms with Gasteiger partial charge in [0.15, 0.2) is 0 Å². The van der Waals surface area contributed by atoms with E-state index in [-0.39, 0.29) is 6.10 Å². The van der Waals surface area contributed by atoms with E-state index in [9.17, 15) is 0 Å². The molecule has 26 heavy (non-hydrogen) atoms. The lowest BCUT2D eigenvalue weighted by atomic mass is 9.98. The van der Waals surface area contributed by atoms with Crippen LogP contribution in [0.3, 0.4) is 0 Å². The summed E-state index contributed by atoms with van der Waals surface area (Å²) in [5.74, 6) is 0.863. The molecule has 3 nitrogen and oxygen atoms in total. The van der Waals surface area contributed by atoms with Crippen LogP contribution in [-0.4, -0.2) is 19.3 Å². The summed E-state index contributed by atoms with van der Waals surface area (Å²) in [6.45, 7) is 1.28. The van der Waals surface area contributed by atoms with E-state index in [4.69, 9.17) is 26.8 Å². The molecule has 132 valence electrons. The van der Waals surface area contributed by atoms with E-state index < -0.39 is 0 Å². The van der Waals surface area contributed by atoms with Gasteiger partial charge in [0.2, 0.25) is 0 Å². The number of anilines is 1. The smallest absolute Gasteiger partial charge is 0.145 e. The average molecular weight is 366 g/mol. The van der Waals surface area contributed by atoms with Gasteiger partial charge in [0.05, 0.1) is 13.2 Å². The van der Waals surface area contributed by atoms with Crippen LogP contribution in [0.4, 0.5) is 5.69 Å². The average Bonchev–Trinajstić information content (AvgIpc) is 2.61. The zero-order valence-electron chi connectivity index (χ0n) is 14.3. The second-order valence-electron chi connectivity index (χ2n) is 6.54. The first kappa shape index (κ1) is 17.0. The summed E-state index contributed by atoms with van der Waals surface area (Å²) < 4.78 is 11.3. The fourth-order valence-corrected chi connectivity index (χ4v) is 3.19. The molecule has 0 bridgehead atoms. The van der Waals surface area contributed by atoms with Crippen molar-refractivity contribution in [2.75, 3.05) is 18.9 Å². The minimum Gasteiger partial charge on any atom is -0.485 e. The Morgan fingerprint density at radius 1 is 0.962 bits per heavy atom. The van der Waals surface area contributed by atoms with Gasteiger partial charge in [-0.2, -0.15) is 0 Å². The lowest BCUT2D eigenvalue weighted by Gasteiger charge is -2.28. The first-order valence-electron chi connectivity index (χ1n) is 8.65. The van der Waals surface area contributed by atoms with Crippen LogP contribution in [0.1, 0.15) is 11.1 Å². The molecule has 1 aliphatic rings. The second-order valence-corrected chi connectivity index (χ2v) is 6.97. The molecule has 0 atom stereocenters. The van der Waals surface area contributed by atoms with Crippen LogP contribution in [0.5, 0.6) is 5.75 Å². The molecule has 3 aromatic carbocycles. The number of hydrogen-bond acceptors (Lipinski definition) is 3. The highest BCUT2D eigenvalue weighted by atomic mass is 35.5. The highest BCUT2D eigenvalue weighted by Crippen LogP contribution is 2.34. The second kappa shape index (κ2) is 7.40. The number of nitrogens with two attached hydrogens (primary N) is 1. The Morgan fingerprint density at radius 2 is 1.73 bits per heavy atom. The van der Waals surface area contributed by atoms with Crippen LogP contribution in [0.15, 0.2) is 66.7 Å². The van der Waals surface area contributed by atoms with Gasteiger partial charge in [0, 0.05) is 16.3 Å². The zero-order valence-corrected chi connectivity index (χ0v) is 15.1. The molecule has 4 heteroatoms. The molecule has 0 aliphatic carbocycles. The van der Waals surface area contributed by atoms with Crippen LogP contribution in [0, 0.1) is 0 Å². The van der Waals surface area contributed by atoms with Crippen molar-refractivity contribution in [2.45, 2.75) is 12.5 Å². The summed E-state index contributed by atoms with van der Waals surface area (Å²) in [4.78, 5) is 0. The molecule has 2 N–H and O–H groups in total. The topological polar surface area (TPSA) is 44.5 Å². The van der Waals surface area contributed by atoms with Gasteiger partial charge in [-0.3, -0.25) is 0 Å². The summed E-state index contributed by atoms with van der Waals surface area (Å²) >= 11 is 6.20. The molecule has 3 aromatic rings. The first-order chi connectivity index (χ1) is 12.7. The monoisotopic (exact) mass is 365 g/mol. The number of nitrogen functional groups attached to an aromatic ring is 1. The number of halogens is 1. The summed E-state index contributed by atoms with van der Waals surface area (Å²) in [7, 11) is 0. The Balaban J connectivity index is 1.68. The molecule has 0 amide bonds. The molecule has 0 aromatic heterocycles. The van der Waals surface area contributed by atoms with E-state index in [2.05, 4.69) is 30.3 Å². The van der Waals surface area contributed by atoms with E-state index in [0.29, 0.717) is 18.2 Å². The minimum atomic E-state index is 0.121. The van der Waals surface area contributed by atoms with Gasteiger partial charge < -0.3 is 15.2 Å². The molecule has 0 spiro atoms. The third-order valence-corrected chi connectivity index (χ3v) is 4.70. The molecular formula is C22H20ClNO2. The summed E-state index contributed by atoms with van der Waals surface area (Å²) in [6, 6.07) is 22.2. The zero-order chi connectivity index (χ0) is 17.9. The fraction of sp³-hybridized carbons (Fsp3) is 0.182. The van der Waals surface area contributed by atoms with Crippen molar-refractivity contribution in [1.29, 1.82) is 0 Å². The molecular weight excluding hydrogens is 346 g/mol. The van der Waals surface area contributed by atoms with Crippen LogP contribution in [0.2, 0.25) is 5.02 Å². The van der Waals surface area contributed by atoms with Crippen molar-refractivity contribution in [2.24, 2.45) is 0 Å². The number of benzene rings is 3. The summed E-state index contributed by atoms with van der Waals surface area (Å²) in [6.07, 6.45) is 0.955. The molecule has 0 unspecified atom stereocenters. The summed E-state index contributed by atoms with van der Waals surface area (Å²) in [5, 5.41) is 0.712. The molecule has 1 fully saturated rings. The van der Waals surface area contributed by atoms with E-state index >= 15 is 0 Å². The maximum absolute atomic E-state index is 6.20. The van der Waals surface area contributed by atoms with Gasteiger partial charge in [0.25, 0.3) is 0 Å². The third kappa shape index (κ3) is 3.85. The standard InChI is InChI=1S/C22H20ClNO2/c23-18-3-1-2-17(12-18)21-11-16(10-15-4-7-19(24)8-5-15)6-9-22(21)26-20-13-25-14-20/h1-9,11-12,20H,10,13-14,24H2. The van der Waals surface area contributed by atoms with Crippen LogP contribution < -0.4 is 10.5 Å². The Hall–Kier alpha value is -2.49. The Bertz CT molecular complexity index is 904. The Labute approximate surface area is 158 Å². The van der Waals surface area contributed by atoms with E-state index in [1.165, 1.54) is 11.1 Å². The summed E-state index contributed by atoms with van der Waals surface area (Å²) in [5.41, 5.74) is 11.1. The number of rotatable bonds is 5. The van der Waals surface area contributed by atoms with Gasteiger partial charge in [-0.25, -0.2) is 0 Å². The molecule has 1 aliphatic heterocycles. The maximum Gasteiger partial charge on any atom is 0.145 e. The molecule has 1 heterocycles. The van der Waals surface area contributed by atoms with Crippen LogP contribution in [0.25, 0.3) is 11.1 Å². The van der Waals surface area contributed by atoms with Crippen molar-refractivity contribution in [1.82, 2.24) is 0 Å². The van der Waals surface area contributed by atoms with Gasteiger partial charge >= 0.3 is 0 Å². The highest BCUT2D eigenvalue weighted by molar-refractivity contribution is 6.30.